The van der Waals surface area contributed by atoms with E-state index in [1.165, 1.54) is 6.07 Å². The van der Waals surface area contributed by atoms with Gasteiger partial charge in [0.25, 0.3) is 10.0 Å². The molecule has 0 saturated heterocycles. The van der Waals surface area contributed by atoms with Crippen LogP contribution >= 0.6 is 31.9 Å². The zero-order valence-corrected chi connectivity index (χ0v) is 13.6. The van der Waals surface area contributed by atoms with E-state index in [1.807, 2.05) is 18.2 Å². The summed E-state index contributed by atoms with van der Waals surface area (Å²) in [7, 11) is -3.65. The van der Waals surface area contributed by atoms with Gasteiger partial charge in [0.1, 0.15) is 0 Å². The van der Waals surface area contributed by atoms with Crippen molar-refractivity contribution in [3.63, 3.8) is 0 Å². The maximum absolute atomic E-state index is 12.2. The molecule has 0 amide bonds. The van der Waals surface area contributed by atoms with Crippen molar-refractivity contribution in [2.45, 2.75) is 4.90 Å². The first-order valence-electron chi connectivity index (χ1n) is 5.27. The highest BCUT2D eigenvalue weighted by Crippen LogP contribution is 2.25. The summed E-state index contributed by atoms with van der Waals surface area (Å²) in [5.74, 6) is 0. The predicted octanol–water partition coefficient (Wildman–Crippen LogP) is 3.52. The van der Waals surface area contributed by atoms with Crippen LogP contribution in [-0.2, 0) is 10.0 Å². The van der Waals surface area contributed by atoms with Crippen molar-refractivity contribution in [3.8, 4) is 0 Å². The number of anilines is 1. The Hall–Kier alpha value is -0.890. The number of halogens is 2. The van der Waals surface area contributed by atoms with Crippen LogP contribution < -0.4 is 10.3 Å². The number of hydrogen-bond acceptors (Lipinski definition) is 3. The van der Waals surface area contributed by atoms with Crippen LogP contribution in [0.25, 0.3) is 0 Å². The zero-order chi connectivity index (χ0) is 13.9. The van der Waals surface area contributed by atoms with E-state index in [2.05, 4.69) is 42.1 Å². The zero-order valence-electron chi connectivity index (χ0n) is 9.60. The maximum atomic E-state index is 12.2. The second-order valence-electron chi connectivity index (χ2n) is 3.67. The van der Waals surface area contributed by atoms with Crippen molar-refractivity contribution in [2.75, 3.05) is 5.43 Å². The number of hydrazine groups is 1. The molecule has 0 aliphatic carbocycles. The lowest BCUT2D eigenvalue weighted by atomic mass is 10.3. The van der Waals surface area contributed by atoms with Crippen molar-refractivity contribution in [1.29, 1.82) is 0 Å². The molecule has 0 atom stereocenters. The summed E-state index contributed by atoms with van der Waals surface area (Å²) in [5, 5.41) is 0. The van der Waals surface area contributed by atoms with E-state index >= 15 is 0 Å². The third-order valence-corrected chi connectivity index (χ3v) is 5.02. The largest absolute Gasteiger partial charge is 0.308 e. The van der Waals surface area contributed by atoms with Crippen LogP contribution in [0, 0.1) is 0 Å². The first-order valence-corrected chi connectivity index (χ1v) is 8.34. The monoisotopic (exact) mass is 404 g/mol. The molecule has 0 aliphatic heterocycles. The first-order chi connectivity index (χ1) is 8.99. The summed E-state index contributed by atoms with van der Waals surface area (Å²) in [6, 6.07) is 14.0. The van der Waals surface area contributed by atoms with Gasteiger partial charge in [-0.2, -0.15) is 0 Å². The normalized spacial score (nSPS) is 11.3. The molecular formula is C12H10Br2N2O2S. The minimum Gasteiger partial charge on any atom is -0.308 e. The first kappa shape index (κ1) is 14.5. The molecule has 0 bridgehead atoms. The number of sulfonamides is 1. The molecule has 2 rings (SSSR count). The quantitative estimate of drug-likeness (QED) is 0.765. The molecule has 100 valence electrons. The molecule has 0 unspecified atom stereocenters. The van der Waals surface area contributed by atoms with Gasteiger partial charge < -0.3 is 5.43 Å². The fourth-order valence-corrected chi connectivity index (χ4v) is 3.75. The number of hydrogen-bond donors (Lipinski definition) is 2. The van der Waals surface area contributed by atoms with Crippen molar-refractivity contribution in [1.82, 2.24) is 4.83 Å². The van der Waals surface area contributed by atoms with Gasteiger partial charge in [-0.3, -0.25) is 0 Å². The second-order valence-corrected chi connectivity index (χ2v) is 7.09. The second kappa shape index (κ2) is 6.04. The van der Waals surface area contributed by atoms with Crippen LogP contribution in [0.3, 0.4) is 0 Å². The predicted molar refractivity (Wildman–Crippen MR) is 82.2 cm³/mol. The summed E-state index contributed by atoms with van der Waals surface area (Å²) in [5.41, 5.74) is 3.32. The minimum absolute atomic E-state index is 0.158. The van der Waals surface area contributed by atoms with Crippen LogP contribution in [0.2, 0.25) is 0 Å². The number of rotatable bonds is 4. The summed E-state index contributed by atoms with van der Waals surface area (Å²) >= 11 is 6.48. The van der Waals surface area contributed by atoms with Gasteiger partial charge in [-0.25, -0.2) is 8.42 Å². The Kier molecular flexibility index (Phi) is 4.62. The fourth-order valence-electron chi connectivity index (χ4n) is 1.39. The molecule has 0 spiro atoms. The Morgan fingerprint density at radius 1 is 0.947 bits per heavy atom. The van der Waals surface area contributed by atoms with E-state index < -0.39 is 10.0 Å². The third kappa shape index (κ3) is 3.79. The van der Waals surface area contributed by atoms with Crippen molar-refractivity contribution < 1.29 is 8.42 Å². The van der Waals surface area contributed by atoms with Gasteiger partial charge in [-0.1, -0.05) is 34.1 Å². The van der Waals surface area contributed by atoms with Crippen LogP contribution in [-0.4, -0.2) is 8.42 Å². The van der Waals surface area contributed by atoms with Crippen LogP contribution in [0.4, 0.5) is 5.69 Å². The Morgan fingerprint density at radius 2 is 1.63 bits per heavy atom. The van der Waals surface area contributed by atoms with E-state index in [0.29, 0.717) is 14.6 Å². The molecule has 0 saturated carbocycles. The summed E-state index contributed by atoms with van der Waals surface area (Å²) in [6.07, 6.45) is 0. The van der Waals surface area contributed by atoms with Crippen LogP contribution in [0.1, 0.15) is 0 Å². The van der Waals surface area contributed by atoms with E-state index in [9.17, 15) is 8.42 Å². The van der Waals surface area contributed by atoms with Crippen molar-refractivity contribution >= 4 is 47.6 Å². The lowest BCUT2D eigenvalue weighted by Crippen LogP contribution is -2.29. The number of para-hydroxylation sites is 1. The minimum atomic E-state index is -3.65. The van der Waals surface area contributed by atoms with Gasteiger partial charge in [0.15, 0.2) is 0 Å². The van der Waals surface area contributed by atoms with Crippen LogP contribution in [0.15, 0.2) is 62.4 Å². The summed E-state index contributed by atoms with van der Waals surface area (Å²) in [4.78, 5) is 2.49. The average molecular weight is 406 g/mol. The molecule has 0 fully saturated rings. The molecule has 0 aliphatic rings. The van der Waals surface area contributed by atoms with Gasteiger partial charge in [0.05, 0.1) is 4.90 Å². The lowest BCUT2D eigenvalue weighted by Gasteiger charge is -2.10. The Labute approximate surface area is 128 Å². The highest BCUT2D eigenvalue weighted by molar-refractivity contribution is 9.11. The molecule has 4 nitrogen and oxygen atoms in total. The van der Waals surface area contributed by atoms with E-state index in [4.69, 9.17) is 0 Å². The van der Waals surface area contributed by atoms with Gasteiger partial charge >= 0.3 is 0 Å². The maximum Gasteiger partial charge on any atom is 0.258 e. The molecule has 7 heteroatoms. The standard InChI is InChI=1S/C12H10Br2N2O2S/c13-9-6-7-11(14)12(8-9)19(17,18)16-15-10-4-2-1-3-5-10/h1-8,15-16H. The highest BCUT2D eigenvalue weighted by Gasteiger charge is 2.17. The molecule has 2 aromatic carbocycles. The van der Waals surface area contributed by atoms with Gasteiger partial charge in [0.2, 0.25) is 0 Å². The van der Waals surface area contributed by atoms with Crippen molar-refractivity contribution in [2.24, 2.45) is 0 Å². The van der Waals surface area contributed by atoms with Gasteiger partial charge in [-0.05, 0) is 46.3 Å². The number of benzene rings is 2. The highest BCUT2D eigenvalue weighted by atomic mass is 79.9. The van der Waals surface area contributed by atoms with E-state index in [0.717, 1.165) is 0 Å². The molecular weight excluding hydrogens is 396 g/mol. The molecule has 0 heterocycles. The topological polar surface area (TPSA) is 58.2 Å². The molecule has 2 N–H and O–H groups in total. The SMILES string of the molecule is O=S(=O)(NNc1ccccc1)c1cc(Br)ccc1Br. The Bertz CT molecular complexity index is 675. The lowest BCUT2D eigenvalue weighted by molar-refractivity contribution is 0.587. The summed E-state index contributed by atoms with van der Waals surface area (Å²) in [6.45, 7) is 0. The third-order valence-electron chi connectivity index (χ3n) is 2.29. The van der Waals surface area contributed by atoms with Gasteiger partial charge in [0, 0.05) is 14.6 Å². The smallest absolute Gasteiger partial charge is 0.258 e. The van der Waals surface area contributed by atoms with Crippen molar-refractivity contribution in [3.05, 3.63) is 57.5 Å². The van der Waals surface area contributed by atoms with Gasteiger partial charge in [-0.15, -0.1) is 4.83 Å². The average Bonchev–Trinajstić information content (AvgIpc) is 2.40. The molecule has 19 heavy (non-hydrogen) atoms. The fraction of sp³-hybridized carbons (Fsp3) is 0. The van der Waals surface area contributed by atoms with Crippen LogP contribution in [0.5, 0.6) is 0 Å². The Balaban J connectivity index is 2.21. The molecule has 0 radical (unpaired) electrons. The van der Waals surface area contributed by atoms with E-state index in [1.54, 1.807) is 24.3 Å². The number of nitrogens with one attached hydrogen (secondary N) is 2. The molecule has 2 aromatic rings. The summed E-state index contributed by atoms with van der Waals surface area (Å²) < 4.78 is 25.5. The van der Waals surface area contributed by atoms with E-state index in [-0.39, 0.29) is 4.90 Å². The Morgan fingerprint density at radius 3 is 2.32 bits per heavy atom. The molecule has 0 aromatic heterocycles.